The summed E-state index contributed by atoms with van der Waals surface area (Å²) >= 11 is 6.27. The lowest BCUT2D eigenvalue weighted by molar-refractivity contribution is 0.0600. The predicted octanol–water partition coefficient (Wildman–Crippen LogP) is 3.83. The van der Waals surface area contributed by atoms with E-state index in [1.165, 1.54) is 13.3 Å². The number of aromatic nitrogens is 1. The van der Waals surface area contributed by atoms with E-state index >= 15 is 0 Å². The summed E-state index contributed by atoms with van der Waals surface area (Å²) in [5, 5.41) is 3.23. The van der Waals surface area contributed by atoms with E-state index in [9.17, 15) is 4.79 Å². The van der Waals surface area contributed by atoms with Gasteiger partial charge < -0.3 is 4.74 Å². The van der Waals surface area contributed by atoms with Crippen molar-refractivity contribution in [2.75, 3.05) is 7.11 Å². The van der Waals surface area contributed by atoms with Crippen LogP contribution in [0.25, 0.3) is 21.7 Å². The molecule has 1 aromatic heterocycles. The van der Waals surface area contributed by atoms with Gasteiger partial charge in [-0.2, -0.15) is 0 Å². The van der Waals surface area contributed by atoms with Crippen LogP contribution in [-0.4, -0.2) is 18.1 Å². The van der Waals surface area contributed by atoms with Crippen LogP contribution in [0.5, 0.6) is 0 Å². The van der Waals surface area contributed by atoms with Gasteiger partial charge in [0.15, 0.2) is 0 Å². The van der Waals surface area contributed by atoms with Crippen molar-refractivity contribution < 1.29 is 9.53 Å². The Bertz CT molecular complexity index is 799. The van der Waals surface area contributed by atoms with Crippen molar-refractivity contribution in [2.45, 2.75) is 0 Å². The van der Waals surface area contributed by atoms with E-state index < -0.39 is 5.97 Å². The van der Waals surface area contributed by atoms with Crippen molar-refractivity contribution in [1.29, 1.82) is 0 Å². The van der Waals surface area contributed by atoms with Crippen LogP contribution in [0.15, 0.2) is 42.6 Å². The van der Waals surface area contributed by atoms with Gasteiger partial charge >= 0.3 is 5.97 Å². The van der Waals surface area contributed by atoms with Crippen LogP contribution in [0.2, 0.25) is 5.02 Å². The monoisotopic (exact) mass is 271 g/mol. The minimum Gasteiger partial charge on any atom is -0.465 e. The molecular formula is C15H10ClNO2. The first-order valence-corrected chi connectivity index (χ1v) is 6.14. The molecule has 0 saturated heterocycles. The fourth-order valence-corrected chi connectivity index (χ4v) is 2.43. The van der Waals surface area contributed by atoms with Crippen molar-refractivity contribution in [3.05, 3.63) is 53.2 Å². The normalized spacial score (nSPS) is 10.8. The molecule has 2 aromatic carbocycles. The van der Waals surface area contributed by atoms with Crippen molar-refractivity contribution in [3.8, 4) is 0 Å². The van der Waals surface area contributed by atoms with Gasteiger partial charge in [0.1, 0.15) is 0 Å². The molecule has 3 nitrogen and oxygen atoms in total. The van der Waals surface area contributed by atoms with Crippen LogP contribution >= 0.6 is 11.6 Å². The Labute approximate surface area is 114 Å². The molecule has 0 saturated carbocycles. The summed E-state index contributed by atoms with van der Waals surface area (Å²) in [6, 6.07) is 11.8. The summed E-state index contributed by atoms with van der Waals surface area (Å²) in [4.78, 5) is 15.9. The maximum atomic E-state index is 11.6. The van der Waals surface area contributed by atoms with Crippen molar-refractivity contribution in [2.24, 2.45) is 0 Å². The fourth-order valence-electron chi connectivity index (χ4n) is 2.15. The van der Waals surface area contributed by atoms with Crippen molar-refractivity contribution in [1.82, 2.24) is 4.98 Å². The molecule has 19 heavy (non-hydrogen) atoms. The standard InChI is InChI=1S/C15H10ClNO2/c1-19-15(18)12-8-17-14-10-5-3-2-4-9(10)6-7-11(14)13(12)16/h2-8H,1H3. The summed E-state index contributed by atoms with van der Waals surface area (Å²) in [5.74, 6) is -0.479. The molecule has 94 valence electrons. The van der Waals surface area contributed by atoms with Gasteiger partial charge in [-0.3, -0.25) is 4.98 Å². The van der Waals surface area contributed by atoms with Gasteiger partial charge in [-0.1, -0.05) is 48.0 Å². The van der Waals surface area contributed by atoms with Gasteiger partial charge in [-0.25, -0.2) is 4.79 Å². The Morgan fingerprint density at radius 3 is 2.74 bits per heavy atom. The second-order valence-electron chi connectivity index (χ2n) is 4.16. The van der Waals surface area contributed by atoms with E-state index in [2.05, 4.69) is 4.98 Å². The number of fused-ring (bicyclic) bond motifs is 3. The number of ether oxygens (including phenoxy) is 1. The molecule has 3 aromatic rings. The molecule has 0 spiro atoms. The molecule has 3 rings (SSSR count). The summed E-state index contributed by atoms with van der Waals surface area (Å²) in [5.41, 5.74) is 1.07. The number of nitrogens with zero attached hydrogens (tertiary/aromatic N) is 1. The van der Waals surface area contributed by atoms with Gasteiger partial charge in [-0.05, 0) is 5.39 Å². The highest BCUT2D eigenvalue weighted by molar-refractivity contribution is 6.39. The first kappa shape index (κ1) is 11.9. The predicted molar refractivity (Wildman–Crippen MR) is 75.6 cm³/mol. The van der Waals surface area contributed by atoms with E-state index in [0.29, 0.717) is 5.02 Å². The van der Waals surface area contributed by atoms with Gasteiger partial charge in [-0.15, -0.1) is 0 Å². The van der Waals surface area contributed by atoms with Crippen molar-refractivity contribution in [3.63, 3.8) is 0 Å². The first-order chi connectivity index (χ1) is 9.22. The molecule has 0 aliphatic carbocycles. The number of hydrogen-bond acceptors (Lipinski definition) is 3. The first-order valence-electron chi connectivity index (χ1n) is 5.76. The number of methoxy groups -OCH3 is 1. The third-order valence-corrected chi connectivity index (χ3v) is 3.51. The van der Waals surface area contributed by atoms with Gasteiger partial charge in [0.25, 0.3) is 0 Å². The third-order valence-electron chi connectivity index (χ3n) is 3.10. The van der Waals surface area contributed by atoms with Crippen LogP contribution < -0.4 is 0 Å². The Morgan fingerprint density at radius 2 is 1.95 bits per heavy atom. The largest absolute Gasteiger partial charge is 0.465 e. The molecule has 0 aliphatic heterocycles. The minimum absolute atomic E-state index is 0.284. The highest BCUT2D eigenvalue weighted by Crippen LogP contribution is 2.30. The SMILES string of the molecule is COC(=O)c1cnc2c(ccc3ccccc32)c1Cl. The smallest absolute Gasteiger partial charge is 0.340 e. The number of hydrogen-bond donors (Lipinski definition) is 0. The van der Waals surface area contributed by atoms with Gasteiger partial charge in [0.05, 0.1) is 23.2 Å². The van der Waals surface area contributed by atoms with E-state index in [1.807, 2.05) is 36.4 Å². The highest BCUT2D eigenvalue weighted by Gasteiger charge is 2.15. The van der Waals surface area contributed by atoms with Crippen LogP contribution in [-0.2, 0) is 4.74 Å². The van der Waals surface area contributed by atoms with Crippen LogP contribution in [0.4, 0.5) is 0 Å². The van der Waals surface area contributed by atoms with Crippen molar-refractivity contribution >= 4 is 39.2 Å². The lowest BCUT2D eigenvalue weighted by Crippen LogP contribution is -2.03. The number of halogens is 1. The van der Waals surface area contributed by atoms with Gasteiger partial charge in [0.2, 0.25) is 0 Å². The van der Waals surface area contributed by atoms with E-state index in [0.717, 1.165) is 21.7 Å². The molecule has 0 atom stereocenters. The van der Waals surface area contributed by atoms with E-state index in [-0.39, 0.29) is 5.56 Å². The van der Waals surface area contributed by atoms with Crippen LogP contribution in [0, 0.1) is 0 Å². The zero-order valence-electron chi connectivity index (χ0n) is 10.2. The number of esters is 1. The van der Waals surface area contributed by atoms with Crippen LogP contribution in [0.3, 0.4) is 0 Å². The molecule has 0 unspecified atom stereocenters. The number of carbonyl (C=O) groups excluding carboxylic acids is 1. The van der Waals surface area contributed by atoms with E-state index in [4.69, 9.17) is 16.3 Å². The van der Waals surface area contributed by atoms with E-state index in [1.54, 1.807) is 0 Å². The maximum Gasteiger partial charge on any atom is 0.340 e. The highest BCUT2D eigenvalue weighted by atomic mass is 35.5. The lowest BCUT2D eigenvalue weighted by atomic mass is 10.1. The molecule has 0 fully saturated rings. The minimum atomic E-state index is -0.479. The Hall–Kier alpha value is -2.13. The number of carbonyl (C=O) groups is 1. The average Bonchev–Trinajstić information content (AvgIpc) is 2.46. The number of rotatable bonds is 1. The quantitative estimate of drug-likeness (QED) is 0.499. The second kappa shape index (κ2) is 4.52. The Kier molecular flexibility index (Phi) is 2.84. The summed E-state index contributed by atoms with van der Waals surface area (Å²) < 4.78 is 4.69. The molecule has 4 heteroatoms. The molecule has 1 heterocycles. The molecule has 0 aliphatic rings. The molecule has 0 N–H and O–H groups in total. The molecular weight excluding hydrogens is 262 g/mol. The molecule has 0 bridgehead atoms. The maximum absolute atomic E-state index is 11.6. The Balaban J connectivity index is 2.39. The number of pyridine rings is 1. The summed E-state index contributed by atoms with van der Waals surface area (Å²) in [6.45, 7) is 0. The fraction of sp³-hybridized carbons (Fsp3) is 0.0667. The molecule has 0 amide bonds. The van der Waals surface area contributed by atoms with Gasteiger partial charge in [0, 0.05) is 17.0 Å². The Morgan fingerprint density at radius 1 is 1.16 bits per heavy atom. The zero-order valence-corrected chi connectivity index (χ0v) is 10.9. The average molecular weight is 272 g/mol. The topological polar surface area (TPSA) is 39.2 Å². The summed E-state index contributed by atoms with van der Waals surface area (Å²) in [7, 11) is 1.32. The third kappa shape index (κ3) is 1.83. The molecule has 0 radical (unpaired) electrons. The second-order valence-corrected chi connectivity index (χ2v) is 4.54. The number of benzene rings is 2. The summed E-state index contributed by atoms with van der Waals surface area (Å²) in [6.07, 6.45) is 1.46. The zero-order chi connectivity index (χ0) is 13.4. The lowest BCUT2D eigenvalue weighted by Gasteiger charge is -2.07. The van der Waals surface area contributed by atoms with Crippen LogP contribution in [0.1, 0.15) is 10.4 Å².